The summed E-state index contributed by atoms with van der Waals surface area (Å²) < 4.78 is 13.1. The van der Waals surface area contributed by atoms with Crippen LogP contribution in [0.5, 0.6) is 5.88 Å². The number of hydrogen-bond donors (Lipinski definition) is 0. The van der Waals surface area contributed by atoms with Crippen molar-refractivity contribution in [2.75, 3.05) is 13.2 Å². The molecule has 128 valence electrons. The van der Waals surface area contributed by atoms with Gasteiger partial charge in [0.05, 0.1) is 24.9 Å². The van der Waals surface area contributed by atoms with E-state index < -0.39 is 0 Å². The van der Waals surface area contributed by atoms with Crippen LogP contribution in [0.1, 0.15) is 25.1 Å². The Labute approximate surface area is 142 Å². The topological polar surface area (TPSA) is 56.6 Å². The molecular formula is C18H23N3O3. The van der Waals surface area contributed by atoms with E-state index in [4.69, 9.17) is 9.47 Å². The van der Waals surface area contributed by atoms with Crippen molar-refractivity contribution in [3.05, 3.63) is 47.7 Å². The van der Waals surface area contributed by atoms with Crippen LogP contribution in [0.25, 0.3) is 0 Å². The smallest absolute Gasteiger partial charge is 0.248 e. The first-order valence-electron chi connectivity index (χ1n) is 8.24. The van der Waals surface area contributed by atoms with Crippen LogP contribution in [0.2, 0.25) is 0 Å². The maximum atomic E-state index is 12.2. The largest absolute Gasteiger partial charge is 0.472 e. The fourth-order valence-corrected chi connectivity index (χ4v) is 2.58. The van der Waals surface area contributed by atoms with E-state index in [9.17, 15) is 4.79 Å². The summed E-state index contributed by atoms with van der Waals surface area (Å²) in [6.07, 6.45) is 0.0576. The van der Waals surface area contributed by atoms with Crippen LogP contribution in [0.15, 0.2) is 36.4 Å². The highest BCUT2D eigenvalue weighted by molar-refractivity contribution is 5.77. The van der Waals surface area contributed by atoms with Crippen molar-refractivity contribution in [1.82, 2.24) is 14.7 Å². The van der Waals surface area contributed by atoms with Gasteiger partial charge in [0.2, 0.25) is 11.8 Å². The second-order valence-corrected chi connectivity index (χ2v) is 6.15. The van der Waals surface area contributed by atoms with Gasteiger partial charge in [-0.1, -0.05) is 30.3 Å². The number of carbonyl (C=O) groups excluding carboxylic acids is 1. The summed E-state index contributed by atoms with van der Waals surface area (Å²) in [6, 6.07) is 11.9. The summed E-state index contributed by atoms with van der Waals surface area (Å²) in [6.45, 7) is 6.34. The molecule has 0 spiro atoms. The Balaban J connectivity index is 1.57. The van der Waals surface area contributed by atoms with Crippen molar-refractivity contribution < 1.29 is 14.3 Å². The minimum atomic E-state index is 0.0166. The number of amides is 1. The molecule has 0 radical (unpaired) electrons. The molecule has 6 nitrogen and oxygen atoms in total. The van der Waals surface area contributed by atoms with Gasteiger partial charge in [0.15, 0.2) is 0 Å². The van der Waals surface area contributed by atoms with E-state index in [1.165, 1.54) is 0 Å². The molecule has 0 atom stereocenters. The number of carbonyl (C=O) groups is 1. The van der Waals surface area contributed by atoms with Crippen LogP contribution < -0.4 is 4.74 Å². The van der Waals surface area contributed by atoms with E-state index in [2.05, 4.69) is 5.10 Å². The maximum absolute atomic E-state index is 12.2. The number of benzene rings is 1. The molecule has 0 saturated carbocycles. The lowest BCUT2D eigenvalue weighted by molar-refractivity contribution is -0.139. The standard InChI is InChI=1S/C18H23N3O3/c1-14(2)23-13-18(22)20-8-9-21-16(11-20)10-17(19-21)24-12-15-6-4-3-5-7-15/h3-7,10,14H,8-9,11-13H2,1-2H3. The Kier molecular flexibility index (Phi) is 5.15. The minimum absolute atomic E-state index is 0.0166. The van der Waals surface area contributed by atoms with Crippen molar-refractivity contribution in [1.29, 1.82) is 0 Å². The Morgan fingerprint density at radius 1 is 1.25 bits per heavy atom. The molecule has 0 fully saturated rings. The van der Waals surface area contributed by atoms with E-state index in [-0.39, 0.29) is 18.6 Å². The molecule has 3 rings (SSSR count). The quantitative estimate of drug-likeness (QED) is 0.815. The Bertz CT molecular complexity index is 682. The van der Waals surface area contributed by atoms with Crippen molar-refractivity contribution in [3.63, 3.8) is 0 Å². The third-order valence-corrected chi connectivity index (χ3v) is 3.90. The van der Waals surface area contributed by atoms with Crippen LogP contribution in [0.4, 0.5) is 0 Å². The molecule has 1 aromatic carbocycles. The van der Waals surface area contributed by atoms with Gasteiger partial charge in [-0.3, -0.25) is 9.48 Å². The summed E-state index contributed by atoms with van der Waals surface area (Å²) >= 11 is 0. The van der Waals surface area contributed by atoms with Crippen LogP contribution in [-0.2, 0) is 29.2 Å². The minimum Gasteiger partial charge on any atom is -0.472 e. The number of nitrogens with zero attached hydrogens (tertiary/aromatic N) is 3. The normalized spacial score (nSPS) is 13.9. The molecule has 1 aromatic heterocycles. The van der Waals surface area contributed by atoms with Gasteiger partial charge < -0.3 is 14.4 Å². The predicted molar refractivity (Wildman–Crippen MR) is 89.5 cm³/mol. The van der Waals surface area contributed by atoms with Gasteiger partial charge in [0, 0.05) is 12.6 Å². The predicted octanol–water partition coefficient (Wildman–Crippen LogP) is 2.23. The average Bonchev–Trinajstić information content (AvgIpc) is 3.00. The fourth-order valence-electron chi connectivity index (χ4n) is 2.58. The molecule has 1 aliphatic rings. The van der Waals surface area contributed by atoms with Crippen LogP contribution in [-0.4, -0.2) is 39.8 Å². The third-order valence-electron chi connectivity index (χ3n) is 3.90. The van der Waals surface area contributed by atoms with Gasteiger partial charge in [-0.2, -0.15) is 0 Å². The summed E-state index contributed by atoms with van der Waals surface area (Å²) in [5, 5.41) is 4.46. The Morgan fingerprint density at radius 2 is 2.04 bits per heavy atom. The first kappa shape index (κ1) is 16.5. The summed E-state index contributed by atoms with van der Waals surface area (Å²) in [5.74, 6) is 0.615. The second-order valence-electron chi connectivity index (χ2n) is 6.15. The lowest BCUT2D eigenvalue weighted by Crippen LogP contribution is -2.40. The van der Waals surface area contributed by atoms with Crippen molar-refractivity contribution in [3.8, 4) is 5.88 Å². The second kappa shape index (κ2) is 7.49. The number of fused-ring (bicyclic) bond motifs is 1. The summed E-state index contributed by atoms with van der Waals surface area (Å²) in [4.78, 5) is 14.0. The molecule has 2 aromatic rings. The van der Waals surface area contributed by atoms with Crippen LogP contribution >= 0.6 is 0 Å². The molecule has 1 amide bonds. The SMILES string of the molecule is CC(C)OCC(=O)N1CCn2nc(OCc3ccccc3)cc2C1. The zero-order valence-electron chi connectivity index (χ0n) is 14.1. The summed E-state index contributed by atoms with van der Waals surface area (Å²) in [7, 11) is 0. The first-order valence-corrected chi connectivity index (χ1v) is 8.24. The van der Waals surface area contributed by atoms with E-state index in [1.807, 2.05) is 54.9 Å². The molecule has 0 N–H and O–H groups in total. The molecule has 0 unspecified atom stereocenters. The third kappa shape index (κ3) is 4.14. The van der Waals surface area contributed by atoms with E-state index in [0.29, 0.717) is 32.1 Å². The van der Waals surface area contributed by atoms with Crippen LogP contribution in [0, 0.1) is 0 Å². The molecule has 0 saturated heterocycles. The van der Waals surface area contributed by atoms with Gasteiger partial charge >= 0.3 is 0 Å². The average molecular weight is 329 g/mol. The number of hydrogen-bond acceptors (Lipinski definition) is 4. The highest BCUT2D eigenvalue weighted by atomic mass is 16.5. The first-order chi connectivity index (χ1) is 11.6. The fraction of sp³-hybridized carbons (Fsp3) is 0.444. The number of ether oxygens (including phenoxy) is 2. The highest BCUT2D eigenvalue weighted by Gasteiger charge is 2.23. The molecular weight excluding hydrogens is 306 g/mol. The van der Waals surface area contributed by atoms with Gasteiger partial charge in [-0.05, 0) is 19.4 Å². The highest BCUT2D eigenvalue weighted by Crippen LogP contribution is 2.19. The van der Waals surface area contributed by atoms with Crippen molar-refractivity contribution >= 4 is 5.91 Å². The number of aromatic nitrogens is 2. The maximum Gasteiger partial charge on any atom is 0.248 e. The zero-order chi connectivity index (χ0) is 16.9. The van der Waals surface area contributed by atoms with Gasteiger partial charge in [0.1, 0.15) is 13.2 Å². The molecule has 0 aliphatic carbocycles. The lowest BCUT2D eigenvalue weighted by Gasteiger charge is -2.27. The Hall–Kier alpha value is -2.34. The molecule has 0 bridgehead atoms. The molecule has 1 aliphatic heterocycles. The van der Waals surface area contributed by atoms with Crippen molar-refractivity contribution in [2.24, 2.45) is 0 Å². The van der Waals surface area contributed by atoms with E-state index in [1.54, 1.807) is 4.90 Å². The Morgan fingerprint density at radius 3 is 2.79 bits per heavy atom. The van der Waals surface area contributed by atoms with E-state index >= 15 is 0 Å². The van der Waals surface area contributed by atoms with Gasteiger partial charge in [-0.25, -0.2) is 0 Å². The lowest BCUT2D eigenvalue weighted by atomic mass is 10.2. The van der Waals surface area contributed by atoms with Gasteiger partial charge in [-0.15, -0.1) is 5.10 Å². The van der Waals surface area contributed by atoms with Gasteiger partial charge in [0.25, 0.3) is 0 Å². The zero-order valence-corrected chi connectivity index (χ0v) is 14.1. The van der Waals surface area contributed by atoms with Crippen molar-refractivity contribution in [2.45, 2.75) is 39.6 Å². The molecule has 2 heterocycles. The van der Waals surface area contributed by atoms with Crippen LogP contribution in [0.3, 0.4) is 0 Å². The number of rotatable bonds is 6. The monoisotopic (exact) mass is 329 g/mol. The van der Waals surface area contributed by atoms with E-state index in [0.717, 1.165) is 11.3 Å². The molecule has 24 heavy (non-hydrogen) atoms. The molecule has 6 heteroatoms. The summed E-state index contributed by atoms with van der Waals surface area (Å²) in [5.41, 5.74) is 2.09.